The molecule has 0 aliphatic heterocycles. The van der Waals surface area contributed by atoms with Gasteiger partial charge in [0.2, 0.25) is 5.91 Å². The lowest BCUT2D eigenvalue weighted by molar-refractivity contribution is -0.116. The number of carbonyl (C=O) groups is 1. The number of aromatic nitrogens is 3. The normalized spacial score (nSPS) is 10.8. The third-order valence-electron chi connectivity index (χ3n) is 4.97. The Hall–Kier alpha value is -4.07. The summed E-state index contributed by atoms with van der Waals surface area (Å²) >= 11 is 0. The second-order valence-electron chi connectivity index (χ2n) is 6.99. The molecule has 0 saturated heterocycles. The first-order valence-corrected chi connectivity index (χ1v) is 9.67. The van der Waals surface area contributed by atoms with Crippen LogP contribution in [-0.4, -0.2) is 34.3 Å². The van der Waals surface area contributed by atoms with Gasteiger partial charge in [-0.25, -0.2) is 0 Å². The number of ether oxygens (including phenoxy) is 2. The summed E-state index contributed by atoms with van der Waals surface area (Å²) in [6.45, 7) is 1.81. The number of hydrogen-bond acceptors (Lipinski definition) is 5. The van der Waals surface area contributed by atoms with Crippen molar-refractivity contribution in [3.8, 4) is 22.8 Å². The summed E-state index contributed by atoms with van der Waals surface area (Å²) in [6, 6.07) is 18.0. The van der Waals surface area contributed by atoms with Gasteiger partial charge in [0.1, 0.15) is 12.2 Å². The van der Waals surface area contributed by atoms with Crippen molar-refractivity contribution in [1.82, 2.24) is 14.2 Å². The third kappa shape index (κ3) is 4.00. The highest BCUT2D eigenvalue weighted by molar-refractivity contribution is 5.91. The molecule has 0 saturated carbocycles. The van der Waals surface area contributed by atoms with Crippen LogP contribution in [0.3, 0.4) is 0 Å². The number of fused-ring (bicyclic) bond motifs is 1. The summed E-state index contributed by atoms with van der Waals surface area (Å²) < 4.78 is 13.6. The molecule has 1 N–H and O–H groups in total. The molecule has 8 heteroatoms. The van der Waals surface area contributed by atoms with Crippen LogP contribution < -0.4 is 20.3 Å². The van der Waals surface area contributed by atoms with Crippen LogP contribution in [0.4, 0.5) is 5.69 Å². The second kappa shape index (κ2) is 8.35. The van der Waals surface area contributed by atoms with E-state index in [0.717, 1.165) is 5.56 Å². The van der Waals surface area contributed by atoms with E-state index in [-0.39, 0.29) is 18.0 Å². The number of carbonyl (C=O) groups excluding carboxylic acids is 1. The molecule has 0 atom stereocenters. The second-order valence-corrected chi connectivity index (χ2v) is 6.99. The summed E-state index contributed by atoms with van der Waals surface area (Å²) in [5.74, 6) is 0.847. The molecule has 0 radical (unpaired) electrons. The number of methoxy groups -OCH3 is 2. The summed E-state index contributed by atoms with van der Waals surface area (Å²) in [4.78, 5) is 25.2. The average Bonchev–Trinajstić information content (AvgIpc) is 3.23. The minimum absolute atomic E-state index is 0.0177. The molecule has 31 heavy (non-hydrogen) atoms. The van der Waals surface area contributed by atoms with Crippen molar-refractivity contribution in [3.05, 3.63) is 76.7 Å². The molecular weight excluding hydrogens is 396 g/mol. The molecule has 0 fully saturated rings. The fourth-order valence-corrected chi connectivity index (χ4v) is 3.44. The highest BCUT2D eigenvalue weighted by Crippen LogP contribution is 2.29. The maximum Gasteiger partial charge on any atom is 0.274 e. The molecule has 0 aliphatic carbocycles. The van der Waals surface area contributed by atoms with E-state index in [1.165, 1.54) is 17.7 Å². The molecule has 8 nitrogen and oxygen atoms in total. The third-order valence-corrected chi connectivity index (χ3v) is 4.97. The maximum absolute atomic E-state index is 12.8. The van der Waals surface area contributed by atoms with Gasteiger partial charge in [-0.3, -0.25) is 9.59 Å². The SMILES string of the molecule is COc1ccc(NC(=O)Cn2c(C)cc(=O)n3nc(-c4ccccc4)cc23)cc1OC. The lowest BCUT2D eigenvalue weighted by Crippen LogP contribution is -2.25. The predicted molar refractivity (Wildman–Crippen MR) is 118 cm³/mol. The predicted octanol–water partition coefficient (Wildman–Crippen LogP) is 3.13. The Kier molecular flexibility index (Phi) is 5.44. The zero-order valence-corrected chi connectivity index (χ0v) is 17.5. The van der Waals surface area contributed by atoms with Gasteiger partial charge in [0.15, 0.2) is 11.5 Å². The van der Waals surface area contributed by atoms with E-state index in [9.17, 15) is 9.59 Å². The van der Waals surface area contributed by atoms with E-state index in [4.69, 9.17) is 9.47 Å². The van der Waals surface area contributed by atoms with Crippen LogP contribution >= 0.6 is 0 Å². The van der Waals surface area contributed by atoms with Gasteiger partial charge in [-0.2, -0.15) is 9.61 Å². The van der Waals surface area contributed by atoms with Gasteiger partial charge >= 0.3 is 0 Å². The van der Waals surface area contributed by atoms with E-state index >= 15 is 0 Å². The van der Waals surface area contributed by atoms with Gasteiger partial charge in [0.05, 0.1) is 19.9 Å². The molecule has 0 aliphatic rings. The lowest BCUT2D eigenvalue weighted by Gasteiger charge is -2.14. The van der Waals surface area contributed by atoms with E-state index in [0.29, 0.717) is 34.2 Å². The van der Waals surface area contributed by atoms with Crippen molar-refractivity contribution in [2.45, 2.75) is 13.5 Å². The average molecular weight is 418 g/mol. The molecular formula is C23H22N4O4. The first-order chi connectivity index (χ1) is 15.0. The molecule has 2 aromatic carbocycles. The van der Waals surface area contributed by atoms with Crippen molar-refractivity contribution in [2.75, 3.05) is 19.5 Å². The number of benzene rings is 2. The molecule has 4 aromatic rings. The van der Waals surface area contributed by atoms with Crippen LogP contribution in [0.5, 0.6) is 11.5 Å². The lowest BCUT2D eigenvalue weighted by atomic mass is 10.2. The van der Waals surface area contributed by atoms with E-state index in [1.807, 2.05) is 36.4 Å². The van der Waals surface area contributed by atoms with Crippen LogP contribution in [0.25, 0.3) is 16.9 Å². The van der Waals surface area contributed by atoms with Crippen LogP contribution in [0.15, 0.2) is 65.5 Å². The number of aryl methyl sites for hydroxylation is 1. The summed E-state index contributed by atoms with van der Waals surface area (Å²) in [7, 11) is 3.09. The van der Waals surface area contributed by atoms with Crippen molar-refractivity contribution >= 4 is 17.2 Å². The molecule has 1 amide bonds. The van der Waals surface area contributed by atoms with Gasteiger partial charge in [-0.1, -0.05) is 30.3 Å². The number of nitrogens with zero attached hydrogens (tertiary/aromatic N) is 3. The van der Waals surface area contributed by atoms with Gasteiger partial charge in [0, 0.05) is 35.1 Å². The van der Waals surface area contributed by atoms with Crippen LogP contribution in [-0.2, 0) is 11.3 Å². The van der Waals surface area contributed by atoms with Gasteiger partial charge < -0.3 is 19.4 Å². The topological polar surface area (TPSA) is 86.9 Å². The Labute approximate surface area is 178 Å². The zero-order valence-electron chi connectivity index (χ0n) is 17.5. The largest absolute Gasteiger partial charge is 0.493 e. The van der Waals surface area contributed by atoms with E-state index in [2.05, 4.69) is 10.4 Å². The zero-order chi connectivity index (χ0) is 22.0. The maximum atomic E-state index is 12.8. The highest BCUT2D eigenvalue weighted by Gasteiger charge is 2.15. The molecule has 158 valence electrons. The first kappa shape index (κ1) is 20.2. The Morgan fingerprint density at radius 1 is 1.00 bits per heavy atom. The Morgan fingerprint density at radius 2 is 1.74 bits per heavy atom. The van der Waals surface area contributed by atoms with Crippen molar-refractivity contribution in [3.63, 3.8) is 0 Å². The number of anilines is 1. The number of rotatable bonds is 6. The minimum atomic E-state index is -0.247. The van der Waals surface area contributed by atoms with Gasteiger partial charge in [-0.15, -0.1) is 0 Å². The smallest absolute Gasteiger partial charge is 0.274 e. The summed E-state index contributed by atoms with van der Waals surface area (Å²) in [6.07, 6.45) is 0. The number of nitrogens with one attached hydrogen (secondary N) is 1. The Bertz CT molecular complexity index is 1310. The fraction of sp³-hybridized carbons (Fsp3) is 0.174. The van der Waals surface area contributed by atoms with Gasteiger partial charge in [0.25, 0.3) is 5.56 Å². The highest BCUT2D eigenvalue weighted by atomic mass is 16.5. The minimum Gasteiger partial charge on any atom is -0.493 e. The van der Waals surface area contributed by atoms with E-state index in [1.54, 1.807) is 36.8 Å². The number of hydrogen-bond donors (Lipinski definition) is 1. The molecule has 0 spiro atoms. The van der Waals surface area contributed by atoms with Crippen LogP contribution in [0.1, 0.15) is 5.69 Å². The summed E-state index contributed by atoms with van der Waals surface area (Å²) in [5.41, 5.74) is 3.11. The van der Waals surface area contributed by atoms with Crippen LogP contribution in [0.2, 0.25) is 0 Å². The molecule has 0 unspecified atom stereocenters. The standard InChI is InChI=1S/C23H22N4O4/c1-15-11-23(29)27-22(13-18(25-27)16-7-5-4-6-8-16)26(15)14-21(28)24-17-9-10-19(30-2)20(12-17)31-3/h4-13H,14H2,1-3H3,(H,24,28). The monoisotopic (exact) mass is 418 g/mol. The van der Waals surface area contributed by atoms with Crippen molar-refractivity contribution in [1.29, 1.82) is 0 Å². The fourth-order valence-electron chi connectivity index (χ4n) is 3.44. The first-order valence-electron chi connectivity index (χ1n) is 9.67. The van der Waals surface area contributed by atoms with Gasteiger partial charge in [-0.05, 0) is 19.1 Å². The summed E-state index contributed by atoms with van der Waals surface area (Å²) in [5, 5.41) is 7.30. The van der Waals surface area contributed by atoms with Crippen LogP contribution in [0, 0.1) is 6.92 Å². The number of amides is 1. The molecule has 2 heterocycles. The van der Waals surface area contributed by atoms with Crippen molar-refractivity contribution < 1.29 is 14.3 Å². The quantitative estimate of drug-likeness (QED) is 0.520. The Morgan fingerprint density at radius 3 is 2.45 bits per heavy atom. The molecule has 2 aromatic heterocycles. The van der Waals surface area contributed by atoms with E-state index < -0.39 is 0 Å². The molecule has 4 rings (SSSR count). The molecule has 0 bridgehead atoms. The van der Waals surface area contributed by atoms with Crippen molar-refractivity contribution in [2.24, 2.45) is 0 Å². The Balaban J connectivity index is 1.66.